The van der Waals surface area contributed by atoms with Gasteiger partial charge in [0.25, 0.3) is 0 Å². The van der Waals surface area contributed by atoms with Crippen molar-refractivity contribution in [3.63, 3.8) is 0 Å². The van der Waals surface area contributed by atoms with E-state index in [9.17, 15) is 0 Å². The molecule has 4 aromatic carbocycles. The van der Waals surface area contributed by atoms with Crippen LogP contribution in [-0.2, 0) is 16.2 Å². The highest BCUT2D eigenvalue weighted by Gasteiger charge is 2.40. The van der Waals surface area contributed by atoms with Gasteiger partial charge in [0.15, 0.2) is 0 Å². The lowest BCUT2D eigenvalue weighted by Gasteiger charge is -2.35. The van der Waals surface area contributed by atoms with E-state index in [1.807, 2.05) is 0 Å². The highest BCUT2D eigenvalue weighted by atomic mass is 35.5. The van der Waals surface area contributed by atoms with Gasteiger partial charge < -0.3 is 4.57 Å². The standard InChI is InChI=1S/C38H44ClNSi/c1-36(2,3)25-14-12-23(13-15-25)24-18-30(39)35-32(19-24)40-31-17-16-26(37(4,5)6)20-28(31)29-21-27(38(7,8)9)22-33(34(29)40)41(35,10)11/h12-22H,1-11H3. The topological polar surface area (TPSA) is 4.93 Å². The molecule has 0 fully saturated rings. The number of fused-ring (bicyclic) bond motifs is 5. The number of hydrogen-bond acceptors (Lipinski definition) is 0. The molecule has 1 aliphatic heterocycles. The van der Waals surface area contributed by atoms with Crippen molar-refractivity contribution in [2.24, 2.45) is 0 Å². The monoisotopic (exact) mass is 577 g/mol. The molecule has 1 nitrogen and oxygen atoms in total. The summed E-state index contributed by atoms with van der Waals surface area (Å²) in [5, 5.41) is 6.43. The van der Waals surface area contributed by atoms with Gasteiger partial charge in [-0.15, -0.1) is 0 Å². The maximum Gasteiger partial charge on any atom is 0.119 e. The zero-order valence-electron chi connectivity index (χ0n) is 26.7. The summed E-state index contributed by atoms with van der Waals surface area (Å²) >= 11 is 7.34. The van der Waals surface area contributed by atoms with E-state index in [0.29, 0.717) is 0 Å². The van der Waals surface area contributed by atoms with Crippen molar-refractivity contribution in [2.45, 2.75) is 91.7 Å². The molecule has 0 saturated carbocycles. The van der Waals surface area contributed by atoms with Gasteiger partial charge in [-0.25, -0.2) is 0 Å². The van der Waals surface area contributed by atoms with E-state index >= 15 is 0 Å². The third kappa shape index (κ3) is 4.41. The Kier molecular flexibility index (Phi) is 6.11. The van der Waals surface area contributed by atoms with Gasteiger partial charge in [-0.05, 0) is 84.8 Å². The van der Waals surface area contributed by atoms with Crippen molar-refractivity contribution >= 4 is 51.9 Å². The second-order valence-electron chi connectivity index (χ2n) is 15.8. The number of hydrogen-bond donors (Lipinski definition) is 0. The Morgan fingerprint density at radius 2 is 1.15 bits per heavy atom. The maximum absolute atomic E-state index is 7.34. The second kappa shape index (κ2) is 8.85. The van der Waals surface area contributed by atoms with Gasteiger partial charge in [-0.2, -0.15) is 0 Å². The summed E-state index contributed by atoms with van der Waals surface area (Å²) in [5.41, 5.74) is 10.6. The van der Waals surface area contributed by atoms with Crippen molar-refractivity contribution in [3.8, 4) is 16.8 Å². The molecule has 0 N–H and O–H groups in total. The minimum atomic E-state index is -2.14. The Hall–Kier alpha value is -2.81. The molecule has 0 aliphatic carbocycles. The van der Waals surface area contributed by atoms with Crippen LogP contribution in [0.2, 0.25) is 18.1 Å². The highest BCUT2D eigenvalue weighted by molar-refractivity contribution is 7.03. The molecule has 41 heavy (non-hydrogen) atoms. The highest BCUT2D eigenvalue weighted by Crippen LogP contribution is 2.41. The van der Waals surface area contributed by atoms with Crippen molar-refractivity contribution < 1.29 is 0 Å². The van der Waals surface area contributed by atoms with Crippen LogP contribution < -0.4 is 10.4 Å². The smallest absolute Gasteiger partial charge is 0.119 e. The Balaban J connectivity index is 1.72. The van der Waals surface area contributed by atoms with Gasteiger partial charge >= 0.3 is 0 Å². The molecule has 5 aromatic rings. The van der Waals surface area contributed by atoms with Crippen LogP contribution in [0.4, 0.5) is 0 Å². The number of nitrogens with zero attached hydrogens (tertiary/aromatic N) is 1. The average molecular weight is 578 g/mol. The van der Waals surface area contributed by atoms with E-state index in [-0.39, 0.29) is 16.2 Å². The van der Waals surface area contributed by atoms with E-state index < -0.39 is 8.07 Å². The molecular formula is C38H44ClNSi. The maximum atomic E-state index is 7.34. The van der Waals surface area contributed by atoms with Crippen LogP contribution in [0.15, 0.2) is 66.7 Å². The summed E-state index contributed by atoms with van der Waals surface area (Å²) in [4.78, 5) is 0. The Morgan fingerprint density at radius 3 is 1.73 bits per heavy atom. The average Bonchev–Trinajstić information content (AvgIpc) is 3.19. The molecule has 1 aromatic heterocycles. The van der Waals surface area contributed by atoms with Gasteiger partial charge in [0.1, 0.15) is 8.07 Å². The van der Waals surface area contributed by atoms with E-state index in [1.54, 1.807) is 0 Å². The lowest BCUT2D eigenvalue weighted by atomic mass is 9.85. The van der Waals surface area contributed by atoms with Crippen molar-refractivity contribution in [1.29, 1.82) is 0 Å². The lowest BCUT2D eigenvalue weighted by Crippen LogP contribution is -2.58. The molecule has 1 aliphatic rings. The Morgan fingerprint density at radius 1 is 0.585 bits per heavy atom. The van der Waals surface area contributed by atoms with Crippen LogP contribution in [-0.4, -0.2) is 12.6 Å². The van der Waals surface area contributed by atoms with Crippen LogP contribution in [0.3, 0.4) is 0 Å². The van der Waals surface area contributed by atoms with Gasteiger partial charge in [-0.1, -0.05) is 123 Å². The fourth-order valence-corrected chi connectivity index (χ4v) is 10.7. The van der Waals surface area contributed by atoms with Crippen LogP contribution >= 0.6 is 11.6 Å². The van der Waals surface area contributed by atoms with Crippen molar-refractivity contribution in [1.82, 2.24) is 4.57 Å². The molecule has 0 atom stereocenters. The first-order valence-corrected chi connectivity index (χ1v) is 18.4. The minimum absolute atomic E-state index is 0.0539. The largest absolute Gasteiger partial charge is 0.309 e. The molecule has 0 amide bonds. The molecule has 0 saturated heterocycles. The fourth-order valence-electron chi connectivity index (χ4n) is 6.63. The molecule has 212 valence electrons. The molecule has 3 heteroatoms. The minimum Gasteiger partial charge on any atom is -0.309 e. The predicted molar refractivity (Wildman–Crippen MR) is 184 cm³/mol. The van der Waals surface area contributed by atoms with Crippen LogP contribution in [0, 0.1) is 0 Å². The second-order valence-corrected chi connectivity index (χ2v) is 20.5. The first kappa shape index (κ1) is 28.3. The zero-order chi connectivity index (χ0) is 29.9. The van der Waals surface area contributed by atoms with E-state index in [2.05, 4.69) is 147 Å². The third-order valence-corrected chi connectivity index (χ3v) is 13.2. The third-order valence-electron chi connectivity index (χ3n) is 9.29. The molecule has 0 bridgehead atoms. The van der Waals surface area contributed by atoms with Gasteiger partial charge in [0, 0.05) is 21.5 Å². The van der Waals surface area contributed by atoms with Crippen LogP contribution in [0.25, 0.3) is 38.6 Å². The molecule has 0 unspecified atom stereocenters. The van der Waals surface area contributed by atoms with E-state index in [4.69, 9.17) is 11.6 Å². The summed E-state index contributed by atoms with van der Waals surface area (Å²) in [5.74, 6) is 0. The van der Waals surface area contributed by atoms with E-state index in [1.165, 1.54) is 65.7 Å². The Labute approximate surface area is 252 Å². The van der Waals surface area contributed by atoms with Crippen LogP contribution in [0.1, 0.15) is 79.0 Å². The summed E-state index contributed by atoms with van der Waals surface area (Å²) in [6, 6.07) is 25.7. The SMILES string of the molecule is CC(C)(C)c1ccc(-c2cc(Cl)c3c(c2)-n2c4ccc(C(C)(C)C)cc4c4cc(C(C)(C)C)cc(c42)[Si]3(C)C)cc1. The van der Waals surface area contributed by atoms with E-state index in [0.717, 1.165) is 5.02 Å². The number of aromatic nitrogens is 1. The molecule has 2 heterocycles. The zero-order valence-corrected chi connectivity index (χ0v) is 28.4. The van der Waals surface area contributed by atoms with Crippen molar-refractivity contribution in [3.05, 3.63) is 88.4 Å². The van der Waals surface area contributed by atoms with Gasteiger partial charge in [0.2, 0.25) is 0 Å². The summed E-state index contributed by atoms with van der Waals surface area (Å²) in [6.45, 7) is 25.7. The first-order valence-electron chi connectivity index (χ1n) is 15.0. The molecular weight excluding hydrogens is 534 g/mol. The number of rotatable bonds is 1. The number of benzene rings is 4. The quantitative estimate of drug-likeness (QED) is 0.175. The van der Waals surface area contributed by atoms with Crippen LogP contribution in [0.5, 0.6) is 0 Å². The fraction of sp³-hybridized carbons (Fsp3) is 0.368. The first-order chi connectivity index (χ1) is 18.9. The summed E-state index contributed by atoms with van der Waals surface area (Å²) in [7, 11) is -2.14. The van der Waals surface area contributed by atoms with Gasteiger partial charge in [0.05, 0.1) is 11.0 Å². The molecule has 0 spiro atoms. The molecule has 0 radical (unpaired) electrons. The Bertz CT molecular complexity index is 1850. The lowest BCUT2D eigenvalue weighted by molar-refractivity contribution is 0.590. The summed E-state index contributed by atoms with van der Waals surface area (Å²) in [6.07, 6.45) is 0. The van der Waals surface area contributed by atoms with Crippen molar-refractivity contribution in [2.75, 3.05) is 0 Å². The molecule has 6 rings (SSSR count). The summed E-state index contributed by atoms with van der Waals surface area (Å²) < 4.78 is 2.53. The van der Waals surface area contributed by atoms with Gasteiger partial charge in [-0.3, -0.25) is 0 Å². The predicted octanol–water partition coefficient (Wildman–Crippen LogP) is 10.1. The normalized spacial score (nSPS) is 15.0. The number of halogens is 1.